The van der Waals surface area contributed by atoms with Gasteiger partial charge in [0.2, 0.25) is 5.91 Å². The second-order valence-corrected chi connectivity index (χ2v) is 4.37. The van der Waals surface area contributed by atoms with E-state index in [0.29, 0.717) is 13.0 Å². The van der Waals surface area contributed by atoms with Crippen LogP contribution in [-0.4, -0.2) is 34.5 Å². The standard InChI is InChI=1S/C9H15NO3/c1-6(11)10-5-9(2,3)4-7(10)8(12)13/h7H,4-5H2,1-3H3,(H,12,13). The van der Waals surface area contributed by atoms with Gasteiger partial charge in [0, 0.05) is 13.5 Å². The van der Waals surface area contributed by atoms with Crippen molar-refractivity contribution in [3.63, 3.8) is 0 Å². The van der Waals surface area contributed by atoms with E-state index >= 15 is 0 Å². The topological polar surface area (TPSA) is 57.6 Å². The highest BCUT2D eigenvalue weighted by Crippen LogP contribution is 2.33. The van der Waals surface area contributed by atoms with E-state index in [0.717, 1.165) is 0 Å². The summed E-state index contributed by atoms with van der Waals surface area (Å²) in [5.41, 5.74) is -0.0747. The van der Waals surface area contributed by atoms with E-state index in [4.69, 9.17) is 5.11 Å². The maximum absolute atomic E-state index is 11.1. The molecule has 1 N–H and O–H groups in total. The number of hydrogen-bond acceptors (Lipinski definition) is 2. The van der Waals surface area contributed by atoms with E-state index in [1.165, 1.54) is 11.8 Å². The van der Waals surface area contributed by atoms with Crippen LogP contribution >= 0.6 is 0 Å². The molecule has 0 bridgehead atoms. The van der Waals surface area contributed by atoms with Crippen LogP contribution in [0.4, 0.5) is 0 Å². The molecular formula is C9H15NO3. The summed E-state index contributed by atoms with van der Waals surface area (Å²) in [7, 11) is 0. The summed E-state index contributed by atoms with van der Waals surface area (Å²) in [5, 5.41) is 8.87. The fourth-order valence-electron chi connectivity index (χ4n) is 1.82. The van der Waals surface area contributed by atoms with Crippen LogP contribution in [-0.2, 0) is 9.59 Å². The highest BCUT2D eigenvalue weighted by atomic mass is 16.4. The zero-order chi connectivity index (χ0) is 10.2. The average Bonchev–Trinajstić information content (AvgIpc) is 2.26. The van der Waals surface area contributed by atoms with Crippen molar-refractivity contribution >= 4 is 11.9 Å². The van der Waals surface area contributed by atoms with Crippen molar-refractivity contribution in [2.24, 2.45) is 5.41 Å². The summed E-state index contributed by atoms with van der Waals surface area (Å²) in [4.78, 5) is 23.4. The third-order valence-electron chi connectivity index (χ3n) is 2.41. The Hall–Kier alpha value is -1.06. The van der Waals surface area contributed by atoms with Crippen LogP contribution in [0.5, 0.6) is 0 Å². The van der Waals surface area contributed by atoms with Crippen LogP contribution in [0.2, 0.25) is 0 Å². The summed E-state index contributed by atoms with van der Waals surface area (Å²) in [6.07, 6.45) is 0.544. The van der Waals surface area contributed by atoms with Crippen LogP contribution < -0.4 is 0 Å². The van der Waals surface area contributed by atoms with Crippen LogP contribution in [0.25, 0.3) is 0 Å². The van der Waals surface area contributed by atoms with Crippen LogP contribution in [0, 0.1) is 5.41 Å². The number of carbonyl (C=O) groups is 2. The lowest BCUT2D eigenvalue weighted by Gasteiger charge is -2.20. The number of hydrogen-bond donors (Lipinski definition) is 1. The number of amides is 1. The third-order valence-corrected chi connectivity index (χ3v) is 2.41. The molecule has 1 rings (SSSR count). The molecule has 0 aromatic rings. The number of nitrogens with zero attached hydrogens (tertiary/aromatic N) is 1. The predicted octanol–water partition coefficient (Wildman–Crippen LogP) is 0.718. The van der Waals surface area contributed by atoms with Crippen molar-refractivity contribution in [1.29, 1.82) is 0 Å². The molecule has 0 aromatic carbocycles. The molecule has 74 valence electrons. The second-order valence-electron chi connectivity index (χ2n) is 4.37. The number of carbonyl (C=O) groups excluding carboxylic acids is 1. The minimum atomic E-state index is -0.902. The molecule has 1 fully saturated rings. The van der Waals surface area contributed by atoms with Gasteiger partial charge in [0.05, 0.1) is 0 Å². The van der Waals surface area contributed by atoms with E-state index in [1.807, 2.05) is 13.8 Å². The first-order valence-corrected chi connectivity index (χ1v) is 4.33. The van der Waals surface area contributed by atoms with Gasteiger partial charge < -0.3 is 10.0 Å². The molecule has 1 amide bonds. The Morgan fingerprint density at radius 2 is 2.00 bits per heavy atom. The highest BCUT2D eigenvalue weighted by molar-refractivity contribution is 5.83. The first-order valence-electron chi connectivity index (χ1n) is 4.33. The molecule has 1 atom stereocenters. The van der Waals surface area contributed by atoms with E-state index in [1.54, 1.807) is 0 Å². The SMILES string of the molecule is CC(=O)N1CC(C)(C)CC1C(=O)O. The first-order chi connectivity index (χ1) is 5.83. The highest BCUT2D eigenvalue weighted by Gasteiger charge is 2.42. The van der Waals surface area contributed by atoms with Crippen LogP contribution in [0.3, 0.4) is 0 Å². The molecule has 0 radical (unpaired) electrons. The van der Waals surface area contributed by atoms with Crippen LogP contribution in [0.15, 0.2) is 0 Å². The molecule has 1 aliphatic heterocycles. The monoisotopic (exact) mass is 185 g/mol. The molecule has 0 saturated carbocycles. The van der Waals surface area contributed by atoms with Crippen molar-refractivity contribution in [2.45, 2.75) is 33.2 Å². The number of aliphatic carboxylic acids is 1. The average molecular weight is 185 g/mol. The van der Waals surface area contributed by atoms with E-state index in [2.05, 4.69) is 0 Å². The predicted molar refractivity (Wildman–Crippen MR) is 47.2 cm³/mol. The van der Waals surface area contributed by atoms with Gasteiger partial charge in [-0.05, 0) is 11.8 Å². The molecule has 1 aliphatic rings. The minimum Gasteiger partial charge on any atom is -0.480 e. The molecule has 13 heavy (non-hydrogen) atoms. The van der Waals surface area contributed by atoms with Gasteiger partial charge in [-0.1, -0.05) is 13.8 Å². The largest absolute Gasteiger partial charge is 0.480 e. The van der Waals surface area contributed by atoms with Crippen molar-refractivity contribution in [3.8, 4) is 0 Å². The van der Waals surface area contributed by atoms with Gasteiger partial charge in [-0.15, -0.1) is 0 Å². The molecule has 4 heteroatoms. The molecule has 1 saturated heterocycles. The summed E-state index contributed by atoms with van der Waals surface area (Å²) in [6, 6.07) is -0.632. The van der Waals surface area contributed by atoms with Gasteiger partial charge in [-0.3, -0.25) is 4.79 Å². The van der Waals surface area contributed by atoms with Gasteiger partial charge in [-0.25, -0.2) is 4.79 Å². The van der Waals surface area contributed by atoms with Crippen molar-refractivity contribution in [2.75, 3.05) is 6.54 Å². The van der Waals surface area contributed by atoms with E-state index in [9.17, 15) is 9.59 Å². The molecule has 4 nitrogen and oxygen atoms in total. The van der Waals surface area contributed by atoms with Gasteiger partial charge >= 0.3 is 5.97 Å². The maximum atomic E-state index is 11.1. The summed E-state index contributed by atoms with van der Waals surface area (Å²) in [5.74, 6) is -1.06. The fraction of sp³-hybridized carbons (Fsp3) is 0.778. The Morgan fingerprint density at radius 3 is 2.31 bits per heavy atom. The molecule has 0 aromatic heterocycles. The Kier molecular flexibility index (Phi) is 2.32. The second kappa shape index (κ2) is 3.01. The Bertz CT molecular complexity index is 223. The van der Waals surface area contributed by atoms with Crippen molar-refractivity contribution in [1.82, 2.24) is 4.90 Å². The minimum absolute atomic E-state index is 0.0747. The van der Waals surface area contributed by atoms with Gasteiger partial charge in [-0.2, -0.15) is 0 Å². The number of carboxylic acids is 1. The summed E-state index contributed by atoms with van der Waals surface area (Å²) < 4.78 is 0. The zero-order valence-corrected chi connectivity index (χ0v) is 8.20. The Labute approximate surface area is 77.5 Å². The normalized spacial score (nSPS) is 26.1. The summed E-state index contributed by atoms with van der Waals surface area (Å²) >= 11 is 0. The first kappa shape index (κ1) is 10.0. The smallest absolute Gasteiger partial charge is 0.326 e. The quantitative estimate of drug-likeness (QED) is 0.654. The molecule has 0 aliphatic carbocycles. The zero-order valence-electron chi connectivity index (χ0n) is 8.20. The summed E-state index contributed by atoms with van der Waals surface area (Å²) in [6.45, 7) is 5.91. The number of likely N-dealkylation sites (tertiary alicyclic amines) is 1. The van der Waals surface area contributed by atoms with Gasteiger partial charge in [0.15, 0.2) is 0 Å². The maximum Gasteiger partial charge on any atom is 0.326 e. The number of rotatable bonds is 1. The molecule has 1 heterocycles. The Balaban J connectivity index is 2.83. The van der Waals surface area contributed by atoms with Crippen molar-refractivity contribution < 1.29 is 14.7 Å². The van der Waals surface area contributed by atoms with E-state index in [-0.39, 0.29) is 11.3 Å². The lowest BCUT2D eigenvalue weighted by atomic mass is 9.91. The fourth-order valence-corrected chi connectivity index (χ4v) is 1.82. The van der Waals surface area contributed by atoms with Crippen LogP contribution in [0.1, 0.15) is 27.2 Å². The number of carboxylic acid groups (broad SMARTS) is 1. The van der Waals surface area contributed by atoms with Gasteiger partial charge in [0.1, 0.15) is 6.04 Å². The van der Waals surface area contributed by atoms with E-state index < -0.39 is 12.0 Å². The Morgan fingerprint density at radius 1 is 1.46 bits per heavy atom. The van der Waals surface area contributed by atoms with Crippen molar-refractivity contribution in [3.05, 3.63) is 0 Å². The third kappa shape index (κ3) is 1.99. The molecule has 1 unspecified atom stereocenters. The molecular weight excluding hydrogens is 170 g/mol. The molecule has 0 spiro atoms. The van der Waals surface area contributed by atoms with Gasteiger partial charge in [0.25, 0.3) is 0 Å². The lowest BCUT2D eigenvalue weighted by molar-refractivity contribution is -0.147. The lowest BCUT2D eigenvalue weighted by Crippen LogP contribution is -2.39.